The number of hydrogen-bond acceptors (Lipinski definition) is 7. The van der Waals surface area contributed by atoms with Crippen LogP contribution in [0.3, 0.4) is 0 Å². The van der Waals surface area contributed by atoms with Gasteiger partial charge in [-0.05, 0) is 57.1 Å². The number of hydrogen-bond donors (Lipinski definition) is 4. The molecule has 0 bridgehead atoms. The van der Waals surface area contributed by atoms with Crippen LogP contribution in [0.2, 0.25) is 0 Å². The van der Waals surface area contributed by atoms with Crippen LogP contribution in [0, 0.1) is 0 Å². The summed E-state index contributed by atoms with van der Waals surface area (Å²) in [6, 6.07) is -2.08. The maximum Gasteiger partial charge on any atom is 0.408 e. The fourth-order valence-electron chi connectivity index (χ4n) is 3.29. The van der Waals surface area contributed by atoms with E-state index < -0.39 is 24.4 Å². The highest BCUT2D eigenvalue weighted by molar-refractivity contribution is 5.63. The molecule has 150 valence electrons. The molecule has 4 atom stereocenters. The summed E-state index contributed by atoms with van der Waals surface area (Å²) in [5.41, 5.74) is 0.675. The Kier molecular flexibility index (Phi) is 5.85. The first kappa shape index (κ1) is 19.8. The van der Waals surface area contributed by atoms with Crippen molar-refractivity contribution < 1.29 is 23.4 Å². The maximum atomic E-state index is 12.9. The number of aliphatic hydroxyl groups is 2. The summed E-state index contributed by atoms with van der Waals surface area (Å²) in [7, 11) is 0. The zero-order valence-electron chi connectivity index (χ0n) is 15.0. The molecule has 3 rings (SSSR count). The van der Waals surface area contributed by atoms with E-state index in [1.807, 2.05) is 0 Å². The predicted molar refractivity (Wildman–Crippen MR) is 94.1 cm³/mol. The van der Waals surface area contributed by atoms with E-state index >= 15 is 0 Å². The molecule has 7 nitrogen and oxygen atoms in total. The summed E-state index contributed by atoms with van der Waals surface area (Å²) in [6.07, 6.45) is 0.246. The van der Waals surface area contributed by atoms with Crippen LogP contribution in [0.1, 0.15) is 51.3 Å². The maximum absolute atomic E-state index is 12.9. The molecule has 2 aliphatic carbocycles. The minimum Gasteiger partial charge on any atom is -0.391 e. The minimum absolute atomic E-state index is 0.115. The highest BCUT2D eigenvalue weighted by Crippen LogP contribution is 2.28. The molecule has 0 radical (unpaired) electrons. The molecule has 1 saturated carbocycles. The van der Waals surface area contributed by atoms with Gasteiger partial charge in [-0.2, -0.15) is 28.1 Å². The van der Waals surface area contributed by atoms with Gasteiger partial charge in [0.2, 0.25) is 11.9 Å². The van der Waals surface area contributed by atoms with Crippen molar-refractivity contribution in [2.45, 2.75) is 75.9 Å². The lowest BCUT2D eigenvalue weighted by Gasteiger charge is -2.21. The predicted octanol–water partition coefficient (Wildman–Crippen LogP) is 2.49. The Hall–Kier alpha value is -1.94. The minimum atomic E-state index is -4.44. The average molecular weight is 387 g/mol. The highest BCUT2D eigenvalue weighted by atomic mass is 19.4. The van der Waals surface area contributed by atoms with Gasteiger partial charge >= 0.3 is 6.18 Å². The largest absolute Gasteiger partial charge is 0.408 e. The van der Waals surface area contributed by atoms with Crippen LogP contribution in [0.4, 0.5) is 25.1 Å². The normalized spacial score (nSPS) is 27.2. The monoisotopic (exact) mass is 387 g/mol. The molecular weight excluding hydrogens is 363 g/mol. The van der Waals surface area contributed by atoms with Crippen LogP contribution < -0.4 is 10.6 Å². The van der Waals surface area contributed by atoms with E-state index in [4.69, 9.17) is 0 Å². The van der Waals surface area contributed by atoms with Crippen molar-refractivity contribution >= 4 is 17.5 Å². The van der Waals surface area contributed by atoms with Crippen LogP contribution in [-0.2, 0) is 0 Å². The van der Waals surface area contributed by atoms with Gasteiger partial charge in [-0.3, -0.25) is 0 Å². The van der Waals surface area contributed by atoms with Gasteiger partial charge in [0.1, 0.15) is 6.04 Å². The molecule has 1 heterocycles. The molecule has 0 amide bonds. The van der Waals surface area contributed by atoms with E-state index in [0.717, 1.165) is 26.2 Å². The topological polar surface area (TPSA) is 103 Å². The Morgan fingerprint density at radius 2 is 1.81 bits per heavy atom. The third-order valence-electron chi connectivity index (χ3n) is 4.89. The Labute approximate surface area is 155 Å². The molecule has 10 heteroatoms. The summed E-state index contributed by atoms with van der Waals surface area (Å²) in [6.45, 7) is 0.987. The SMILES string of the molecule is C[C@@H](Nc1nc(N[C@@H]2CCC[C@@H]2O)nc(C2=CC(O)CCC2)n1)C(F)(F)F. The van der Waals surface area contributed by atoms with Crippen molar-refractivity contribution in [3.05, 3.63) is 11.9 Å². The second-order valence-corrected chi connectivity index (χ2v) is 7.11. The molecule has 1 aromatic rings. The lowest BCUT2D eigenvalue weighted by molar-refractivity contribution is -0.138. The van der Waals surface area contributed by atoms with Crippen molar-refractivity contribution in [2.75, 3.05) is 10.6 Å². The van der Waals surface area contributed by atoms with Crippen LogP contribution >= 0.6 is 0 Å². The molecule has 1 fully saturated rings. The number of nitrogens with zero attached hydrogens (tertiary/aromatic N) is 3. The number of alkyl halides is 3. The standard InChI is InChI=1S/C17H24F3N5O2/c1-9(17(18,19)20)21-15-23-14(10-4-2-5-11(26)8-10)24-16(25-15)22-12-6-3-7-13(12)27/h8-9,11-13,26-27H,2-7H2,1H3,(H2,21,22,23,24,25)/t9-,11?,12-,13+/m1/s1. The molecule has 0 spiro atoms. The zero-order valence-corrected chi connectivity index (χ0v) is 15.0. The van der Waals surface area contributed by atoms with Crippen LogP contribution in [0.5, 0.6) is 0 Å². The second kappa shape index (κ2) is 7.97. The first-order valence-electron chi connectivity index (χ1n) is 9.15. The van der Waals surface area contributed by atoms with Gasteiger partial charge in [-0.25, -0.2) is 0 Å². The van der Waals surface area contributed by atoms with Gasteiger partial charge in [0.05, 0.1) is 18.2 Å². The third-order valence-corrected chi connectivity index (χ3v) is 4.89. The lowest BCUT2D eigenvalue weighted by atomic mass is 9.97. The summed E-state index contributed by atoms with van der Waals surface area (Å²) < 4.78 is 38.7. The molecule has 0 saturated heterocycles. The Morgan fingerprint density at radius 3 is 2.44 bits per heavy atom. The van der Waals surface area contributed by atoms with Crippen molar-refractivity contribution in [3.8, 4) is 0 Å². The number of rotatable bonds is 5. The summed E-state index contributed by atoms with van der Waals surface area (Å²) in [5.74, 6) is 0.153. The van der Waals surface area contributed by atoms with Crippen LogP contribution in [-0.4, -0.2) is 55.6 Å². The fraction of sp³-hybridized carbons (Fsp3) is 0.706. The first-order chi connectivity index (χ1) is 12.7. The van der Waals surface area contributed by atoms with Gasteiger partial charge in [0.25, 0.3) is 0 Å². The van der Waals surface area contributed by atoms with Crippen LogP contribution in [0.25, 0.3) is 5.57 Å². The van der Waals surface area contributed by atoms with Gasteiger partial charge < -0.3 is 20.8 Å². The van der Waals surface area contributed by atoms with Crippen molar-refractivity contribution in [2.24, 2.45) is 0 Å². The molecule has 0 aliphatic heterocycles. The van der Waals surface area contributed by atoms with E-state index in [9.17, 15) is 23.4 Å². The van der Waals surface area contributed by atoms with Gasteiger partial charge in [-0.15, -0.1) is 0 Å². The summed E-state index contributed by atoms with van der Waals surface area (Å²) in [5, 5.41) is 25.1. The quantitative estimate of drug-likeness (QED) is 0.615. The first-order valence-corrected chi connectivity index (χ1v) is 9.15. The molecular formula is C17H24F3N5O2. The summed E-state index contributed by atoms with van der Waals surface area (Å²) >= 11 is 0. The number of aromatic nitrogens is 3. The molecule has 27 heavy (non-hydrogen) atoms. The number of allylic oxidation sites excluding steroid dienone is 1. The van der Waals surface area contributed by atoms with Gasteiger partial charge in [0.15, 0.2) is 5.82 Å². The number of aliphatic hydroxyl groups excluding tert-OH is 2. The van der Waals surface area contributed by atoms with Gasteiger partial charge in [0, 0.05) is 0 Å². The van der Waals surface area contributed by atoms with E-state index in [2.05, 4.69) is 25.6 Å². The second-order valence-electron chi connectivity index (χ2n) is 7.11. The Balaban J connectivity index is 1.89. The number of nitrogens with one attached hydrogen (secondary N) is 2. The lowest BCUT2D eigenvalue weighted by Crippen LogP contribution is -2.34. The Morgan fingerprint density at radius 1 is 1.07 bits per heavy atom. The van der Waals surface area contributed by atoms with Crippen molar-refractivity contribution in [1.29, 1.82) is 0 Å². The molecule has 4 N–H and O–H groups in total. The number of anilines is 2. The third kappa shape index (κ3) is 5.07. The fourth-order valence-corrected chi connectivity index (χ4v) is 3.29. The van der Waals surface area contributed by atoms with Gasteiger partial charge in [-0.1, -0.05) is 0 Å². The van der Waals surface area contributed by atoms with Crippen molar-refractivity contribution in [1.82, 2.24) is 15.0 Å². The molecule has 1 aromatic heterocycles. The summed E-state index contributed by atoms with van der Waals surface area (Å²) in [4.78, 5) is 12.5. The number of halogens is 3. The smallest absolute Gasteiger partial charge is 0.391 e. The highest BCUT2D eigenvalue weighted by Gasteiger charge is 2.36. The van der Waals surface area contributed by atoms with Crippen molar-refractivity contribution in [3.63, 3.8) is 0 Å². The zero-order chi connectivity index (χ0) is 19.6. The van der Waals surface area contributed by atoms with E-state index in [-0.39, 0.29) is 23.8 Å². The molecule has 1 unspecified atom stereocenters. The van der Waals surface area contributed by atoms with Crippen LogP contribution in [0.15, 0.2) is 6.08 Å². The molecule has 0 aromatic carbocycles. The average Bonchev–Trinajstić information content (AvgIpc) is 2.98. The van der Waals surface area contributed by atoms with E-state index in [1.165, 1.54) is 0 Å². The Bertz CT molecular complexity index is 675. The van der Waals surface area contributed by atoms with E-state index in [1.54, 1.807) is 6.08 Å². The van der Waals surface area contributed by atoms with E-state index in [0.29, 0.717) is 24.8 Å². The molecule has 2 aliphatic rings.